The molecule has 0 saturated carbocycles. The highest BCUT2D eigenvalue weighted by atomic mass is 16.2. The molecule has 1 aromatic heterocycles. The van der Waals surface area contributed by atoms with Crippen LogP contribution in [-0.4, -0.2) is 58.5 Å². The van der Waals surface area contributed by atoms with Crippen molar-refractivity contribution in [1.82, 2.24) is 25.1 Å². The van der Waals surface area contributed by atoms with Crippen molar-refractivity contribution in [1.29, 1.82) is 0 Å². The van der Waals surface area contributed by atoms with E-state index in [1.807, 2.05) is 6.07 Å². The zero-order valence-electron chi connectivity index (χ0n) is 17.2. The van der Waals surface area contributed by atoms with Gasteiger partial charge in [0.1, 0.15) is 6.54 Å². The van der Waals surface area contributed by atoms with E-state index in [0.29, 0.717) is 29.4 Å². The van der Waals surface area contributed by atoms with E-state index < -0.39 is 0 Å². The van der Waals surface area contributed by atoms with Gasteiger partial charge in [0.15, 0.2) is 0 Å². The van der Waals surface area contributed by atoms with E-state index in [2.05, 4.69) is 20.5 Å². The minimum atomic E-state index is -0.388. The predicted molar refractivity (Wildman–Crippen MR) is 114 cm³/mol. The van der Waals surface area contributed by atoms with Crippen LogP contribution in [0.15, 0.2) is 35.4 Å². The number of amides is 2. The molecule has 2 unspecified atom stereocenters. The fraction of sp³-hybridized carbons (Fsp3) is 0.545. The summed E-state index contributed by atoms with van der Waals surface area (Å²) in [6.45, 7) is 2.76. The van der Waals surface area contributed by atoms with Crippen molar-refractivity contribution >= 4 is 22.7 Å². The Hall–Kier alpha value is -2.74. The van der Waals surface area contributed by atoms with Crippen molar-refractivity contribution in [2.75, 3.05) is 26.2 Å². The SMILES string of the molecule is O=C(CNC(=O)Cn1cnc2ccccc2c1=O)NCC1CCCN2CCCCC12. The van der Waals surface area contributed by atoms with E-state index in [0.717, 1.165) is 6.42 Å². The first-order chi connectivity index (χ1) is 14.6. The van der Waals surface area contributed by atoms with Crippen molar-refractivity contribution in [2.45, 2.75) is 44.7 Å². The maximum Gasteiger partial charge on any atom is 0.261 e. The van der Waals surface area contributed by atoms with Crippen LogP contribution in [0.2, 0.25) is 0 Å². The Balaban J connectivity index is 1.24. The number of rotatable bonds is 6. The van der Waals surface area contributed by atoms with Gasteiger partial charge in [0.25, 0.3) is 5.56 Å². The molecule has 2 aliphatic rings. The summed E-state index contributed by atoms with van der Waals surface area (Å²) in [6, 6.07) is 7.59. The lowest BCUT2D eigenvalue weighted by Gasteiger charge is -2.44. The number of fused-ring (bicyclic) bond motifs is 2. The second-order valence-electron chi connectivity index (χ2n) is 8.28. The second-order valence-corrected chi connectivity index (χ2v) is 8.28. The molecule has 2 aliphatic heterocycles. The zero-order valence-corrected chi connectivity index (χ0v) is 17.2. The lowest BCUT2D eigenvalue weighted by atomic mass is 9.83. The van der Waals surface area contributed by atoms with E-state index in [-0.39, 0.29) is 30.5 Å². The standard InChI is InChI=1S/C22H29N5O3/c28-20(23-12-16-6-5-11-26-10-4-3-9-19(16)26)13-24-21(29)14-27-15-25-18-8-2-1-7-17(18)22(27)30/h1-2,7-8,15-16,19H,3-6,9-14H2,(H,23,28)(H,24,29). The zero-order chi connectivity index (χ0) is 20.9. The van der Waals surface area contributed by atoms with Crippen LogP contribution < -0.4 is 16.2 Å². The molecule has 2 amide bonds. The van der Waals surface area contributed by atoms with E-state index in [4.69, 9.17) is 0 Å². The number of carbonyl (C=O) groups is 2. The molecule has 0 bridgehead atoms. The highest BCUT2D eigenvalue weighted by Crippen LogP contribution is 2.30. The fourth-order valence-corrected chi connectivity index (χ4v) is 4.73. The summed E-state index contributed by atoms with van der Waals surface area (Å²) >= 11 is 0. The molecule has 2 saturated heterocycles. The summed E-state index contributed by atoms with van der Waals surface area (Å²) < 4.78 is 1.26. The van der Waals surface area contributed by atoms with Crippen LogP contribution >= 0.6 is 0 Å². The van der Waals surface area contributed by atoms with Crippen molar-refractivity contribution in [3.63, 3.8) is 0 Å². The summed E-state index contributed by atoms with van der Waals surface area (Å²) in [4.78, 5) is 43.7. The largest absolute Gasteiger partial charge is 0.354 e. The van der Waals surface area contributed by atoms with Crippen molar-refractivity contribution in [3.8, 4) is 0 Å². The van der Waals surface area contributed by atoms with Gasteiger partial charge in [0, 0.05) is 12.6 Å². The Morgan fingerprint density at radius 3 is 2.77 bits per heavy atom. The Morgan fingerprint density at radius 2 is 1.87 bits per heavy atom. The van der Waals surface area contributed by atoms with Crippen LogP contribution in [-0.2, 0) is 16.1 Å². The normalized spacial score (nSPS) is 21.7. The Bertz CT molecular complexity index is 971. The average molecular weight is 412 g/mol. The monoisotopic (exact) mass is 411 g/mol. The number of carbonyl (C=O) groups excluding carboxylic acids is 2. The third kappa shape index (κ3) is 4.70. The van der Waals surface area contributed by atoms with Gasteiger partial charge in [-0.15, -0.1) is 0 Å². The molecule has 0 aliphatic carbocycles. The van der Waals surface area contributed by atoms with Gasteiger partial charge in [-0.2, -0.15) is 0 Å². The number of para-hydroxylation sites is 1. The van der Waals surface area contributed by atoms with E-state index in [9.17, 15) is 14.4 Å². The minimum Gasteiger partial charge on any atom is -0.354 e. The molecule has 2 fully saturated rings. The third-order valence-electron chi connectivity index (χ3n) is 6.28. The van der Waals surface area contributed by atoms with Crippen molar-refractivity contribution < 1.29 is 9.59 Å². The van der Waals surface area contributed by atoms with Crippen LogP contribution in [0.5, 0.6) is 0 Å². The average Bonchev–Trinajstić information content (AvgIpc) is 2.78. The fourth-order valence-electron chi connectivity index (χ4n) is 4.73. The first-order valence-electron chi connectivity index (χ1n) is 10.8. The van der Waals surface area contributed by atoms with E-state index in [1.165, 1.54) is 49.7 Å². The maximum atomic E-state index is 12.5. The maximum absolute atomic E-state index is 12.5. The Morgan fingerprint density at radius 1 is 1.03 bits per heavy atom. The topological polar surface area (TPSA) is 96.3 Å². The van der Waals surface area contributed by atoms with Crippen molar-refractivity contribution in [2.24, 2.45) is 5.92 Å². The second kappa shape index (κ2) is 9.38. The molecule has 2 N–H and O–H groups in total. The van der Waals surface area contributed by atoms with Gasteiger partial charge in [-0.05, 0) is 56.8 Å². The van der Waals surface area contributed by atoms with Crippen LogP contribution in [0.25, 0.3) is 10.9 Å². The Kier molecular flexibility index (Phi) is 6.42. The third-order valence-corrected chi connectivity index (χ3v) is 6.28. The van der Waals surface area contributed by atoms with E-state index >= 15 is 0 Å². The number of hydrogen-bond donors (Lipinski definition) is 2. The van der Waals surface area contributed by atoms with Crippen LogP contribution in [0.1, 0.15) is 32.1 Å². The molecule has 1 aromatic carbocycles. The molecule has 8 nitrogen and oxygen atoms in total. The van der Waals surface area contributed by atoms with Gasteiger partial charge in [0.2, 0.25) is 11.8 Å². The van der Waals surface area contributed by atoms with Gasteiger partial charge in [-0.3, -0.25) is 19.0 Å². The number of nitrogens with one attached hydrogen (secondary N) is 2. The van der Waals surface area contributed by atoms with Gasteiger partial charge in [0.05, 0.1) is 23.8 Å². The molecular formula is C22H29N5O3. The molecule has 0 radical (unpaired) electrons. The molecule has 30 heavy (non-hydrogen) atoms. The summed E-state index contributed by atoms with van der Waals surface area (Å²) in [6.07, 6.45) is 7.45. The number of hydrogen-bond acceptors (Lipinski definition) is 5. The summed E-state index contributed by atoms with van der Waals surface area (Å²) in [5, 5.41) is 6.05. The first-order valence-corrected chi connectivity index (χ1v) is 10.8. The van der Waals surface area contributed by atoms with E-state index in [1.54, 1.807) is 18.2 Å². The minimum absolute atomic E-state index is 0.0876. The molecule has 3 heterocycles. The Labute approximate surface area is 175 Å². The molecular weight excluding hydrogens is 382 g/mol. The summed E-state index contributed by atoms with van der Waals surface area (Å²) in [5.41, 5.74) is 0.326. The lowest BCUT2D eigenvalue weighted by molar-refractivity contribution is -0.126. The van der Waals surface area contributed by atoms with Gasteiger partial charge >= 0.3 is 0 Å². The van der Waals surface area contributed by atoms with Crippen LogP contribution in [0, 0.1) is 5.92 Å². The number of nitrogens with zero attached hydrogens (tertiary/aromatic N) is 3. The lowest BCUT2D eigenvalue weighted by Crippen LogP contribution is -2.51. The van der Waals surface area contributed by atoms with Crippen LogP contribution in [0.4, 0.5) is 0 Å². The predicted octanol–water partition coefficient (Wildman–Crippen LogP) is 0.893. The number of aromatic nitrogens is 2. The summed E-state index contributed by atoms with van der Waals surface area (Å²) in [7, 11) is 0. The van der Waals surface area contributed by atoms with Gasteiger partial charge < -0.3 is 15.5 Å². The highest BCUT2D eigenvalue weighted by Gasteiger charge is 2.32. The summed E-state index contributed by atoms with van der Waals surface area (Å²) in [5.74, 6) is -0.0957. The molecule has 160 valence electrons. The van der Waals surface area contributed by atoms with Crippen molar-refractivity contribution in [3.05, 3.63) is 40.9 Å². The van der Waals surface area contributed by atoms with Gasteiger partial charge in [-0.1, -0.05) is 18.6 Å². The molecule has 2 atom stereocenters. The smallest absolute Gasteiger partial charge is 0.261 e. The van der Waals surface area contributed by atoms with Gasteiger partial charge in [-0.25, -0.2) is 4.98 Å². The molecule has 4 rings (SSSR count). The number of benzene rings is 1. The molecule has 2 aromatic rings. The molecule has 8 heteroatoms. The highest BCUT2D eigenvalue weighted by molar-refractivity contribution is 5.84. The molecule has 0 spiro atoms. The number of piperidine rings is 2. The quantitative estimate of drug-likeness (QED) is 0.736. The first kappa shape index (κ1) is 20.5. The van der Waals surface area contributed by atoms with Crippen LogP contribution in [0.3, 0.4) is 0 Å².